The van der Waals surface area contributed by atoms with Gasteiger partial charge in [0, 0.05) is 6.07 Å². The van der Waals surface area contributed by atoms with E-state index >= 15 is 0 Å². The van der Waals surface area contributed by atoms with E-state index in [1.165, 1.54) is 12.8 Å². The molecular weight excluding hydrogens is 354 g/mol. The highest BCUT2D eigenvalue weighted by Gasteiger charge is 2.38. The average Bonchev–Trinajstić information content (AvgIpc) is 3.41. The van der Waals surface area contributed by atoms with E-state index in [9.17, 15) is 5.11 Å². The van der Waals surface area contributed by atoms with Crippen molar-refractivity contribution in [2.75, 3.05) is 6.61 Å². The first-order valence-electron chi connectivity index (χ1n) is 10.1. The van der Waals surface area contributed by atoms with Gasteiger partial charge < -0.3 is 19.0 Å². The van der Waals surface area contributed by atoms with Crippen molar-refractivity contribution < 1.29 is 19.0 Å². The van der Waals surface area contributed by atoms with E-state index in [0.717, 1.165) is 59.4 Å². The molecule has 146 valence electrons. The normalized spacial score (nSPS) is 22.6. The molecule has 1 aromatic heterocycles. The fourth-order valence-corrected chi connectivity index (χ4v) is 3.58. The van der Waals surface area contributed by atoms with Gasteiger partial charge in [-0.2, -0.15) is 0 Å². The summed E-state index contributed by atoms with van der Waals surface area (Å²) in [5.74, 6) is 3.30. The Bertz CT molecular complexity index is 976. The van der Waals surface area contributed by atoms with E-state index in [-0.39, 0.29) is 12.0 Å². The number of rotatable bonds is 7. The molecule has 5 rings (SSSR count). The molecule has 5 nitrogen and oxygen atoms in total. The third-order valence-corrected chi connectivity index (χ3v) is 5.72. The van der Waals surface area contributed by atoms with Gasteiger partial charge in [-0.05, 0) is 68.4 Å². The summed E-state index contributed by atoms with van der Waals surface area (Å²) in [6.07, 6.45) is 4.08. The largest absolute Gasteiger partial charge is 0.493 e. The van der Waals surface area contributed by atoms with Gasteiger partial charge in [-0.25, -0.2) is 4.98 Å². The Balaban J connectivity index is 1.28. The van der Waals surface area contributed by atoms with Crippen LogP contribution in [0.2, 0.25) is 0 Å². The summed E-state index contributed by atoms with van der Waals surface area (Å²) in [4.78, 5) is 4.65. The zero-order valence-corrected chi connectivity index (χ0v) is 16.0. The summed E-state index contributed by atoms with van der Waals surface area (Å²) < 4.78 is 18.1. The molecule has 0 amide bonds. The summed E-state index contributed by atoms with van der Waals surface area (Å²) in [6, 6.07) is 13.6. The molecule has 2 fully saturated rings. The van der Waals surface area contributed by atoms with Gasteiger partial charge in [-0.3, -0.25) is 0 Å². The van der Waals surface area contributed by atoms with Crippen molar-refractivity contribution in [3.05, 3.63) is 53.9 Å². The van der Waals surface area contributed by atoms with Crippen LogP contribution in [-0.2, 0) is 0 Å². The van der Waals surface area contributed by atoms with E-state index in [2.05, 4.69) is 4.98 Å². The Morgan fingerprint density at radius 2 is 1.96 bits per heavy atom. The second kappa shape index (κ2) is 7.13. The third kappa shape index (κ3) is 3.59. The highest BCUT2D eigenvalue weighted by Crippen LogP contribution is 2.41. The minimum Gasteiger partial charge on any atom is -0.493 e. The van der Waals surface area contributed by atoms with E-state index in [0.29, 0.717) is 0 Å². The van der Waals surface area contributed by atoms with Gasteiger partial charge in [0.25, 0.3) is 0 Å². The monoisotopic (exact) mass is 379 g/mol. The fraction of sp³-hybridized carbons (Fsp3) is 0.435. The topological polar surface area (TPSA) is 64.7 Å². The Kier molecular flexibility index (Phi) is 4.47. The zero-order chi connectivity index (χ0) is 19.1. The van der Waals surface area contributed by atoms with Crippen LogP contribution in [0.25, 0.3) is 11.1 Å². The van der Waals surface area contributed by atoms with Crippen molar-refractivity contribution in [1.29, 1.82) is 0 Å². The fourth-order valence-electron chi connectivity index (χ4n) is 3.58. The smallest absolute Gasteiger partial charge is 0.202 e. The highest BCUT2D eigenvalue weighted by atomic mass is 16.5. The van der Waals surface area contributed by atoms with Gasteiger partial charge in [0.1, 0.15) is 23.1 Å². The Morgan fingerprint density at radius 1 is 1.11 bits per heavy atom. The molecule has 2 aliphatic carbocycles. The van der Waals surface area contributed by atoms with Gasteiger partial charge in [0.2, 0.25) is 5.89 Å². The number of aliphatic hydroxyl groups excluding tert-OH is 1. The molecule has 2 saturated carbocycles. The number of fused-ring (bicyclic) bond motifs is 1. The van der Waals surface area contributed by atoms with E-state index in [1.54, 1.807) is 6.92 Å². The summed E-state index contributed by atoms with van der Waals surface area (Å²) in [5.41, 5.74) is 2.37. The van der Waals surface area contributed by atoms with Crippen LogP contribution in [0.3, 0.4) is 0 Å². The lowest BCUT2D eigenvalue weighted by Crippen LogP contribution is -2.34. The van der Waals surface area contributed by atoms with Crippen molar-refractivity contribution >= 4 is 11.1 Å². The first-order chi connectivity index (χ1) is 13.7. The number of benzene rings is 2. The lowest BCUT2D eigenvalue weighted by molar-refractivity contribution is 0.0769. The lowest BCUT2D eigenvalue weighted by atomic mass is 9.81. The van der Waals surface area contributed by atoms with Gasteiger partial charge >= 0.3 is 0 Å². The van der Waals surface area contributed by atoms with E-state index < -0.39 is 6.10 Å². The van der Waals surface area contributed by atoms with Crippen molar-refractivity contribution in [2.45, 2.75) is 50.7 Å². The SMILES string of the molecule is CC(O)c1ccc2nc(C3CCC3Oc3cccc(OCC4CC4)c3)oc2c1. The predicted octanol–water partition coefficient (Wildman–Crippen LogP) is 4.99. The number of oxazole rings is 1. The second-order valence-electron chi connectivity index (χ2n) is 8.02. The quantitative estimate of drug-likeness (QED) is 0.626. The van der Waals surface area contributed by atoms with Crippen LogP contribution in [-0.4, -0.2) is 22.8 Å². The standard InChI is InChI=1S/C23H25NO4/c1-14(25)16-7-9-20-22(11-16)28-23(24-20)19-8-10-21(19)27-18-4-2-3-17(12-18)26-13-15-5-6-15/h2-4,7,9,11-12,14-15,19,21,25H,5-6,8,10,13H2,1H3. The number of ether oxygens (including phenoxy) is 2. The molecule has 3 atom stereocenters. The van der Waals surface area contributed by atoms with Crippen LogP contribution < -0.4 is 9.47 Å². The Morgan fingerprint density at radius 3 is 2.71 bits per heavy atom. The maximum atomic E-state index is 9.76. The average molecular weight is 379 g/mol. The van der Waals surface area contributed by atoms with Crippen LogP contribution in [0.1, 0.15) is 56.1 Å². The van der Waals surface area contributed by atoms with Gasteiger partial charge in [0.05, 0.1) is 18.6 Å². The molecule has 2 aliphatic rings. The minimum atomic E-state index is -0.521. The second-order valence-corrected chi connectivity index (χ2v) is 8.02. The van der Waals surface area contributed by atoms with Gasteiger partial charge in [-0.1, -0.05) is 12.1 Å². The van der Waals surface area contributed by atoms with Gasteiger partial charge in [-0.15, -0.1) is 0 Å². The maximum Gasteiger partial charge on any atom is 0.202 e. The molecule has 28 heavy (non-hydrogen) atoms. The van der Waals surface area contributed by atoms with Crippen LogP contribution in [0.4, 0.5) is 0 Å². The number of aromatic nitrogens is 1. The molecule has 1 heterocycles. The predicted molar refractivity (Wildman–Crippen MR) is 106 cm³/mol. The number of nitrogens with zero attached hydrogens (tertiary/aromatic N) is 1. The molecule has 3 aromatic rings. The molecule has 5 heteroatoms. The molecule has 1 N–H and O–H groups in total. The highest BCUT2D eigenvalue weighted by molar-refractivity contribution is 5.73. The van der Waals surface area contributed by atoms with Crippen molar-refractivity contribution in [3.8, 4) is 11.5 Å². The molecule has 0 saturated heterocycles. The Hall–Kier alpha value is -2.53. The van der Waals surface area contributed by atoms with Crippen LogP contribution >= 0.6 is 0 Å². The molecule has 0 bridgehead atoms. The first kappa shape index (κ1) is 17.6. The zero-order valence-electron chi connectivity index (χ0n) is 16.0. The van der Waals surface area contributed by atoms with E-state index in [1.807, 2.05) is 42.5 Å². The maximum absolute atomic E-state index is 9.76. The molecule has 2 aromatic carbocycles. The summed E-state index contributed by atoms with van der Waals surface area (Å²) in [5, 5.41) is 9.76. The summed E-state index contributed by atoms with van der Waals surface area (Å²) in [6.45, 7) is 2.55. The van der Waals surface area contributed by atoms with E-state index in [4.69, 9.17) is 13.9 Å². The lowest BCUT2D eigenvalue weighted by Gasteiger charge is -2.34. The molecule has 0 radical (unpaired) electrons. The number of hydrogen-bond acceptors (Lipinski definition) is 5. The van der Waals surface area contributed by atoms with Crippen LogP contribution in [0, 0.1) is 5.92 Å². The molecule has 0 spiro atoms. The number of hydrogen-bond donors (Lipinski definition) is 1. The molecule has 3 unspecified atom stereocenters. The molecular formula is C23H25NO4. The summed E-state index contributed by atoms with van der Waals surface area (Å²) >= 11 is 0. The number of aliphatic hydroxyl groups is 1. The molecule has 0 aliphatic heterocycles. The van der Waals surface area contributed by atoms with Crippen molar-refractivity contribution in [3.63, 3.8) is 0 Å². The van der Waals surface area contributed by atoms with Crippen LogP contribution in [0.15, 0.2) is 46.9 Å². The Labute approximate surface area is 164 Å². The van der Waals surface area contributed by atoms with Crippen LogP contribution in [0.5, 0.6) is 11.5 Å². The summed E-state index contributed by atoms with van der Waals surface area (Å²) in [7, 11) is 0. The van der Waals surface area contributed by atoms with Crippen molar-refractivity contribution in [1.82, 2.24) is 4.98 Å². The minimum absolute atomic E-state index is 0.0583. The first-order valence-corrected chi connectivity index (χ1v) is 10.1. The van der Waals surface area contributed by atoms with Gasteiger partial charge in [0.15, 0.2) is 5.58 Å². The third-order valence-electron chi connectivity index (χ3n) is 5.72. The van der Waals surface area contributed by atoms with Crippen molar-refractivity contribution in [2.24, 2.45) is 5.92 Å².